The SMILES string of the molecule is CC(C)CCNC(=O)C1(C)Cn2c(ccc2-c2ccco2)C(=O)N1CCCc1ccccc1. The number of hydrogen-bond donors (Lipinski definition) is 1. The van der Waals surface area contributed by atoms with Crippen molar-refractivity contribution in [3.8, 4) is 11.5 Å². The lowest BCUT2D eigenvalue weighted by Crippen LogP contribution is -2.64. The molecule has 1 aromatic carbocycles. The molecule has 3 aromatic rings. The molecule has 2 amide bonds. The van der Waals surface area contributed by atoms with Crippen LogP contribution in [0.25, 0.3) is 11.5 Å². The van der Waals surface area contributed by atoms with E-state index in [9.17, 15) is 9.59 Å². The predicted molar refractivity (Wildman–Crippen MR) is 129 cm³/mol. The molecule has 174 valence electrons. The van der Waals surface area contributed by atoms with Gasteiger partial charge in [0.2, 0.25) is 5.91 Å². The number of nitrogens with zero attached hydrogens (tertiary/aromatic N) is 2. The molecule has 1 aliphatic heterocycles. The molecule has 0 spiro atoms. The van der Waals surface area contributed by atoms with Crippen molar-refractivity contribution in [3.05, 3.63) is 72.1 Å². The molecular formula is C27H33N3O3. The highest BCUT2D eigenvalue weighted by molar-refractivity contribution is 6.00. The van der Waals surface area contributed by atoms with Gasteiger partial charge in [0.1, 0.15) is 17.0 Å². The van der Waals surface area contributed by atoms with Gasteiger partial charge in [0, 0.05) is 13.1 Å². The van der Waals surface area contributed by atoms with E-state index < -0.39 is 5.54 Å². The number of hydrogen-bond acceptors (Lipinski definition) is 3. The number of nitrogens with one attached hydrogen (secondary N) is 1. The zero-order chi connectivity index (χ0) is 23.4. The Morgan fingerprint density at radius 1 is 1.09 bits per heavy atom. The van der Waals surface area contributed by atoms with E-state index in [1.165, 1.54) is 5.56 Å². The topological polar surface area (TPSA) is 67.5 Å². The van der Waals surface area contributed by atoms with Gasteiger partial charge in [0.25, 0.3) is 5.91 Å². The first-order valence-electron chi connectivity index (χ1n) is 11.8. The Kier molecular flexibility index (Phi) is 6.72. The molecule has 33 heavy (non-hydrogen) atoms. The molecule has 0 aliphatic carbocycles. The lowest BCUT2D eigenvalue weighted by atomic mass is 9.93. The van der Waals surface area contributed by atoms with Crippen LogP contribution in [-0.2, 0) is 17.8 Å². The average Bonchev–Trinajstić information content (AvgIpc) is 3.46. The van der Waals surface area contributed by atoms with E-state index >= 15 is 0 Å². The van der Waals surface area contributed by atoms with Crippen LogP contribution in [0.5, 0.6) is 0 Å². The fourth-order valence-electron chi connectivity index (χ4n) is 4.51. The molecule has 1 aliphatic rings. The molecule has 1 N–H and O–H groups in total. The first-order valence-corrected chi connectivity index (χ1v) is 11.8. The molecule has 0 saturated carbocycles. The number of amides is 2. The highest BCUT2D eigenvalue weighted by Gasteiger charge is 2.47. The summed E-state index contributed by atoms with van der Waals surface area (Å²) in [6.45, 7) is 7.65. The molecule has 0 fully saturated rings. The lowest BCUT2D eigenvalue weighted by molar-refractivity contribution is -0.132. The van der Waals surface area contributed by atoms with Crippen LogP contribution >= 0.6 is 0 Å². The van der Waals surface area contributed by atoms with Crippen molar-refractivity contribution in [1.82, 2.24) is 14.8 Å². The monoisotopic (exact) mass is 447 g/mol. The smallest absolute Gasteiger partial charge is 0.271 e. The highest BCUT2D eigenvalue weighted by Crippen LogP contribution is 2.33. The number of carbonyl (C=O) groups excluding carboxylic acids is 2. The van der Waals surface area contributed by atoms with Gasteiger partial charge in [-0.15, -0.1) is 0 Å². The van der Waals surface area contributed by atoms with Crippen LogP contribution in [0.3, 0.4) is 0 Å². The second-order valence-corrected chi connectivity index (χ2v) is 9.43. The number of aryl methyl sites for hydroxylation is 1. The second kappa shape index (κ2) is 9.69. The van der Waals surface area contributed by atoms with Gasteiger partial charge in [-0.25, -0.2) is 0 Å². The van der Waals surface area contributed by atoms with Gasteiger partial charge >= 0.3 is 0 Å². The summed E-state index contributed by atoms with van der Waals surface area (Å²) in [7, 11) is 0. The summed E-state index contributed by atoms with van der Waals surface area (Å²) in [6.07, 6.45) is 4.16. The van der Waals surface area contributed by atoms with Gasteiger partial charge < -0.3 is 19.2 Å². The minimum Gasteiger partial charge on any atom is -0.463 e. The fraction of sp³-hybridized carbons (Fsp3) is 0.407. The predicted octanol–water partition coefficient (Wildman–Crippen LogP) is 4.76. The lowest BCUT2D eigenvalue weighted by Gasteiger charge is -2.44. The van der Waals surface area contributed by atoms with Crippen molar-refractivity contribution in [2.45, 2.75) is 52.1 Å². The van der Waals surface area contributed by atoms with Crippen LogP contribution < -0.4 is 5.32 Å². The number of aromatic nitrogens is 1. The van der Waals surface area contributed by atoms with Crippen LogP contribution in [0.4, 0.5) is 0 Å². The van der Waals surface area contributed by atoms with Gasteiger partial charge in [0.15, 0.2) is 0 Å². The Morgan fingerprint density at radius 2 is 1.85 bits per heavy atom. The summed E-state index contributed by atoms with van der Waals surface area (Å²) in [5.41, 5.74) is 1.65. The zero-order valence-electron chi connectivity index (χ0n) is 19.7. The molecular weight excluding hydrogens is 414 g/mol. The summed E-state index contributed by atoms with van der Waals surface area (Å²) in [5.74, 6) is 0.957. The Morgan fingerprint density at radius 3 is 2.55 bits per heavy atom. The van der Waals surface area contributed by atoms with Crippen LogP contribution in [-0.4, -0.2) is 39.9 Å². The number of furan rings is 1. The van der Waals surface area contributed by atoms with Crippen LogP contribution in [0.2, 0.25) is 0 Å². The number of fused-ring (bicyclic) bond motifs is 1. The van der Waals surface area contributed by atoms with Crippen LogP contribution in [0.15, 0.2) is 65.3 Å². The Labute approximate surface area is 195 Å². The van der Waals surface area contributed by atoms with E-state index in [1.807, 2.05) is 54.0 Å². The van der Waals surface area contributed by atoms with E-state index in [0.717, 1.165) is 25.0 Å². The van der Waals surface area contributed by atoms with Gasteiger partial charge in [-0.1, -0.05) is 44.2 Å². The van der Waals surface area contributed by atoms with E-state index in [2.05, 4.69) is 31.3 Å². The van der Waals surface area contributed by atoms with Crippen LogP contribution in [0.1, 0.15) is 49.7 Å². The molecule has 0 radical (unpaired) electrons. The fourth-order valence-corrected chi connectivity index (χ4v) is 4.51. The maximum atomic E-state index is 13.6. The van der Waals surface area contributed by atoms with Crippen molar-refractivity contribution >= 4 is 11.8 Å². The normalized spacial score (nSPS) is 17.9. The van der Waals surface area contributed by atoms with E-state index in [-0.39, 0.29) is 11.8 Å². The van der Waals surface area contributed by atoms with Crippen molar-refractivity contribution in [2.24, 2.45) is 5.92 Å². The molecule has 0 bridgehead atoms. The Bertz CT molecular complexity index is 1090. The van der Waals surface area contributed by atoms with E-state index in [0.29, 0.717) is 37.0 Å². The molecule has 6 nitrogen and oxygen atoms in total. The summed E-state index contributed by atoms with van der Waals surface area (Å²) in [4.78, 5) is 28.9. The van der Waals surface area contributed by atoms with Gasteiger partial charge in [-0.05, 0) is 61.9 Å². The minimum absolute atomic E-state index is 0.110. The first kappa shape index (κ1) is 22.9. The summed E-state index contributed by atoms with van der Waals surface area (Å²) < 4.78 is 7.52. The first-order chi connectivity index (χ1) is 15.9. The van der Waals surface area contributed by atoms with Crippen molar-refractivity contribution in [1.29, 1.82) is 0 Å². The van der Waals surface area contributed by atoms with Crippen LogP contribution in [0, 0.1) is 5.92 Å². The molecule has 0 saturated heterocycles. The van der Waals surface area contributed by atoms with E-state index in [4.69, 9.17) is 4.42 Å². The highest BCUT2D eigenvalue weighted by atomic mass is 16.3. The second-order valence-electron chi connectivity index (χ2n) is 9.43. The zero-order valence-corrected chi connectivity index (χ0v) is 19.7. The summed E-state index contributed by atoms with van der Waals surface area (Å²) in [5, 5.41) is 3.09. The van der Waals surface area contributed by atoms with Gasteiger partial charge in [0.05, 0.1) is 18.5 Å². The number of rotatable bonds is 9. The molecule has 4 rings (SSSR count). The van der Waals surface area contributed by atoms with E-state index in [1.54, 1.807) is 11.2 Å². The standard InChI is InChI=1S/C27H33N3O3/c1-20(2)15-16-28-26(32)27(3)19-29-22(24-12-8-18-33-24)13-14-23(29)25(31)30(27)17-7-11-21-9-5-4-6-10-21/h4-6,8-10,12-14,18,20H,7,11,15-17,19H2,1-3H3,(H,28,32). The minimum atomic E-state index is -0.988. The maximum Gasteiger partial charge on any atom is 0.271 e. The molecule has 3 heterocycles. The van der Waals surface area contributed by atoms with Gasteiger partial charge in [-0.3, -0.25) is 9.59 Å². The Hall–Kier alpha value is -3.28. The third-order valence-corrected chi connectivity index (χ3v) is 6.47. The van der Waals surface area contributed by atoms with Crippen molar-refractivity contribution in [3.63, 3.8) is 0 Å². The molecule has 1 unspecified atom stereocenters. The largest absolute Gasteiger partial charge is 0.463 e. The molecule has 1 atom stereocenters. The average molecular weight is 448 g/mol. The van der Waals surface area contributed by atoms with Gasteiger partial charge in [-0.2, -0.15) is 0 Å². The summed E-state index contributed by atoms with van der Waals surface area (Å²) >= 11 is 0. The van der Waals surface area contributed by atoms with Crippen molar-refractivity contribution < 1.29 is 14.0 Å². The number of benzene rings is 1. The van der Waals surface area contributed by atoms with Crippen molar-refractivity contribution in [2.75, 3.05) is 13.1 Å². The third-order valence-electron chi connectivity index (χ3n) is 6.47. The maximum absolute atomic E-state index is 13.6. The Balaban J connectivity index is 1.60. The quantitative estimate of drug-likeness (QED) is 0.514. The summed E-state index contributed by atoms with van der Waals surface area (Å²) in [6, 6.07) is 17.7. The molecule has 2 aromatic heterocycles. The third kappa shape index (κ3) is 4.75. The molecule has 6 heteroatoms. The number of carbonyl (C=O) groups is 2.